The van der Waals surface area contributed by atoms with Crippen LogP contribution in [0.25, 0.3) is 0 Å². The van der Waals surface area contributed by atoms with Crippen molar-refractivity contribution in [2.75, 3.05) is 6.54 Å². The number of hydrogen-bond acceptors (Lipinski definition) is 3. The molecule has 0 atom stereocenters. The number of sulfonamides is 1. The van der Waals surface area contributed by atoms with E-state index in [4.69, 9.17) is 11.6 Å². The number of benzene rings is 1. The highest BCUT2D eigenvalue weighted by Gasteiger charge is 2.44. The summed E-state index contributed by atoms with van der Waals surface area (Å²) in [5.41, 5.74) is -0.962. The fourth-order valence-electron chi connectivity index (χ4n) is 2.03. The Kier molecular flexibility index (Phi) is 4.44. The Morgan fingerprint density at radius 3 is 2.55 bits per heavy atom. The van der Waals surface area contributed by atoms with Gasteiger partial charge in [0.05, 0.1) is 15.3 Å². The second kappa shape index (κ2) is 5.63. The Bertz CT molecular complexity index is 643. The standard InChI is InChI=1S/C12H13BrClNO4S/c13-9-6-8(2-3-10(9)14)20(18,19)15-7-12(11(16)17)4-1-5-12/h2-3,6,15H,1,4-5,7H2,(H,16,17). The maximum Gasteiger partial charge on any atom is 0.310 e. The minimum atomic E-state index is -3.74. The first-order chi connectivity index (χ1) is 9.27. The van der Waals surface area contributed by atoms with Crippen molar-refractivity contribution < 1.29 is 18.3 Å². The third-order valence-electron chi connectivity index (χ3n) is 3.57. The van der Waals surface area contributed by atoms with E-state index in [1.807, 2.05) is 0 Å². The Labute approximate surface area is 130 Å². The summed E-state index contributed by atoms with van der Waals surface area (Å²) in [4.78, 5) is 11.2. The van der Waals surface area contributed by atoms with Crippen LogP contribution >= 0.6 is 27.5 Å². The highest BCUT2D eigenvalue weighted by atomic mass is 79.9. The number of rotatable bonds is 5. The monoisotopic (exact) mass is 381 g/mol. The Morgan fingerprint density at radius 2 is 2.10 bits per heavy atom. The molecule has 1 aliphatic rings. The maximum absolute atomic E-state index is 12.1. The predicted octanol–water partition coefficient (Wildman–Crippen LogP) is 2.64. The fraction of sp³-hybridized carbons (Fsp3) is 0.417. The van der Waals surface area contributed by atoms with Gasteiger partial charge in [0, 0.05) is 11.0 Å². The van der Waals surface area contributed by atoms with Gasteiger partial charge in [-0.2, -0.15) is 0 Å². The number of halogens is 2. The van der Waals surface area contributed by atoms with Gasteiger partial charge < -0.3 is 5.11 Å². The van der Waals surface area contributed by atoms with Crippen molar-refractivity contribution in [2.45, 2.75) is 24.2 Å². The van der Waals surface area contributed by atoms with Crippen LogP contribution in [0.5, 0.6) is 0 Å². The van der Waals surface area contributed by atoms with Crippen molar-refractivity contribution in [3.05, 3.63) is 27.7 Å². The van der Waals surface area contributed by atoms with Gasteiger partial charge in [-0.3, -0.25) is 4.79 Å². The lowest BCUT2D eigenvalue weighted by molar-refractivity contribution is -0.153. The third kappa shape index (κ3) is 3.00. The maximum atomic E-state index is 12.1. The van der Waals surface area contributed by atoms with E-state index in [2.05, 4.69) is 20.7 Å². The molecule has 8 heteroatoms. The van der Waals surface area contributed by atoms with Gasteiger partial charge in [0.2, 0.25) is 10.0 Å². The first-order valence-corrected chi connectivity index (χ1v) is 8.60. The predicted molar refractivity (Wildman–Crippen MR) is 78.3 cm³/mol. The molecule has 0 saturated heterocycles. The van der Waals surface area contributed by atoms with Gasteiger partial charge in [-0.15, -0.1) is 0 Å². The number of hydrogen-bond donors (Lipinski definition) is 2. The van der Waals surface area contributed by atoms with Crippen molar-refractivity contribution in [1.82, 2.24) is 4.72 Å². The largest absolute Gasteiger partial charge is 0.481 e. The summed E-state index contributed by atoms with van der Waals surface area (Å²) in [6.07, 6.45) is 1.80. The van der Waals surface area contributed by atoms with Crippen molar-refractivity contribution in [1.29, 1.82) is 0 Å². The molecule has 0 unspecified atom stereocenters. The fourth-order valence-corrected chi connectivity index (χ4v) is 3.83. The smallest absolute Gasteiger partial charge is 0.310 e. The molecule has 0 heterocycles. The highest BCUT2D eigenvalue weighted by molar-refractivity contribution is 9.10. The van der Waals surface area contributed by atoms with Crippen LogP contribution in [0.1, 0.15) is 19.3 Å². The van der Waals surface area contributed by atoms with E-state index in [0.29, 0.717) is 22.3 Å². The van der Waals surface area contributed by atoms with Crippen LogP contribution in [0.3, 0.4) is 0 Å². The molecule has 1 saturated carbocycles. The number of carboxylic acid groups (broad SMARTS) is 1. The number of carbonyl (C=O) groups is 1. The zero-order valence-electron chi connectivity index (χ0n) is 10.4. The molecule has 0 bridgehead atoms. The number of aliphatic carboxylic acids is 1. The molecule has 20 heavy (non-hydrogen) atoms. The first-order valence-electron chi connectivity index (χ1n) is 5.95. The Morgan fingerprint density at radius 1 is 1.45 bits per heavy atom. The second-order valence-corrected chi connectivity index (χ2v) is 7.87. The molecule has 1 aliphatic carbocycles. The van der Waals surface area contributed by atoms with Gasteiger partial charge in [-0.25, -0.2) is 13.1 Å². The third-order valence-corrected chi connectivity index (χ3v) is 6.18. The molecule has 2 N–H and O–H groups in total. The molecule has 0 amide bonds. The minimum absolute atomic E-state index is 0.0497. The normalized spacial score (nSPS) is 17.5. The van der Waals surface area contributed by atoms with Crippen LogP contribution in [0, 0.1) is 5.41 Å². The van der Waals surface area contributed by atoms with E-state index >= 15 is 0 Å². The van der Waals surface area contributed by atoms with Crippen LogP contribution < -0.4 is 4.72 Å². The molecule has 0 aromatic heterocycles. The SMILES string of the molecule is O=C(O)C1(CNS(=O)(=O)c2ccc(Cl)c(Br)c2)CCC1. The summed E-state index contributed by atoms with van der Waals surface area (Å²) in [6, 6.07) is 4.24. The lowest BCUT2D eigenvalue weighted by Crippen LogP contribution is -2.47. The zero-order valence-corrected chi connectivity index (χ0v) is 13.6. The van der Waals surface area contributed by atoms with Gasteiger partial charge in [0.1, 0.15) is 0 Å². The summed E-state index contributed by atoms with van der Waals surface area (Å²) in [6.45, 7) is -0.0923. The number of nitrogens with one attached hydrogen (secondary N) is 1. The van der Waals surface area contributed by atoms with Crippen molar-refractivity contribution in [3.8, 4) is 0 Å². The van der Waals surface area contributed by atoms with Crippen molar-refractivity contribution in [2.24, 2.45) is 5.41 Å². The van der Waals surface area contributed by atoms with Gasteiger partial charge >= 0.3 is 5.97 Å². The Hall–Kier alpha value is -0.630. The molecule has 110 valence electrons. The summed E-state index contributed by atoms with van der Waals surface area (Å²) in [5, 5.41) is 9.58. The average Bonchev–Trinajstić information content (AvgIpc) is 2.30. The van der Waals surface area contributed by atoms with E-state index < -0.39 is 21.4 Å². The molecule has 1 aromatic rings. The number of carboxylic acids is 1. The minimum Gasteiger partial charge on any atom is -0.481 e. The van der Waals surface area contributed by atoms with Crippen LogP contribution in [-0.4, -0.2) is 26.0 Å². The summed E-state index contributed by atoms with van der Waals surface area (Å²) in [5.74, 6) is -0.955. The van der Waals surface area contributed by atoms with Crippen LogP contribution in [0.15, 0.2) is 27.6 Å². The zero-order chi connectivity index (χ0) is 15.0. The molecule has 5 nitrogen and oxygen atoms in total. The lowest BCUT2D eigenvalue weighted by Gasteiger charge is -2.37. The highest BCUT2D eigenvalue weighted by Crippen LogP contribution is 2.40. The van der Waals surface area contributed by atoms with Crippen molar-refractivity contribution >= 4 is 43.5 Å². The van der Waals surface area contributed by atoms with Gasteiger partial charge in [0.15, 0.2) is 0 Å². The van der Waals surface area contributed by atoms with E-state index in [0.717, 1.165) is 6.42 Å². The van der Waals surface area contributed by atoms with E-state index in [9.17, 15) is 18.3 Å². The summed E-state index contributed by atoms with van der Waals surface area (Å²) < 4.78 is 27.1. The van der Waals surface area contributed by atoms with Crippen molar-refractivity contribution in [3.63, 3.8) is 0 Å². The average molecular weight is 383 g/mol. The topological polar surface area (TPSA) is 83.5 Å². The van der Waals surface area contributed by atoms with Crippen LogP contribution in [0.4, 0.5) is 0 Å². The molecular weight excluding hydrogens is 370 g/mol. The van der Waals surface area contributed by atoms with E-state index in [1.165, 1.54) is 18.2 Å². The molecule has 1 aromatic carbocycles. The Balaban J connectivity index is 2.15. The summed E-state index contributed by atoms with van der Waals surface area (Å²) in [7, 11) is -3.74. The first kappa shape index (κ1) is 15.8. The molecule has 1 fully saturated rings. The molecule has 0 aliphatic heterocycles. The van der Waals surface area contributed by atoms with Gasteiger partial charge in [-0.05, 0) is 47.0 Å². The molecule has 2 rings (SSSR count). The van der Waals surface area contributed by atoms with E-state index in [1.54, 1.807) is 0 Å². The summed E-state index contributed by atoms with van der Waals surface area (Å²) >= 11 is 8.97. The second-order valence-electron chi connectivity index (χ2n) is 4.84. The quantitative estimate of drug-likeness (QED) is 0.820. The molecular formula is C12H13BrClNO4S. The molecule has 0 radical (unpaired) electrons. The van der Waals surface area contributed by atoms with Gasteiger partial charge in [0.25, 0.3) is 0 Å². The molecule has 0 spiro atoms. The van der Waals surface area contributed by atoms with Crippen LogP contribution in [0.2, 0.25) is 5.02 Å². The lowest BCUT2D eigenvalue weighted by atomic mass is 9.69. The van der Waals surface area contributed by atoms with E-state index in [-0.39, 0.29) is 11.4 Å². The van der Waals surface area contributed by atoms with Crippen LogP contribution in [-0.2, 0) is 14.8 Å². The van der Waals surface area contributed by atoms with Gasteiger partial charge in [-0.1, -0.05) is 18.0 Å².